The summed E-state index contributed by atoms with van der Waals surface area (Å²) in [7, 11) is -2.90. The minimum Gasteiger partial charge on any atom is -0.504 e. The highest BCUT2D eigenvalue weighted by atomic mass is 32.2. The van der Waals surface area contributed by atoms with Crippen molar-refractivity contribution in [2.45, 2.75) is 6.42 Å². The molecular formula is C13H19NO4S. The average Bonchev–Trinajstić information content (AvgIpc) is 2.73. The maximum Gasteiger partial charge on any atom is 0.160 e. The molecule has 1 fully saturated rings. The Bertz CT molecular complexity index is 529. The predicted molar refractivity (Wildman–Crippen MR) is 72.9 cm³/mol. The van der Waals surface area contributed by atoms with Crippen LogP contribution < -0.4 is 10.5 Å². The number of sulfone groups is 1. The number of ether oxygens (including phenoxy) is 1. The van der Waals surface area contributed by atoms with Gasteiger partial charge in [-0.2, -0.15) is 0 Å². The number of rotatable bonds is 5. The van der Waals surface area contributed by atoms with Crippen LogP contribution in [0.2, 0.25) is 0 Å². The second kappa shape index (κ2) is 5.79. The molecule has 1 aromatic carbocycles. The van der Waals surface area contributed by atoms with E-state index >= 15 is 0 Å². The largest absolute Gasteiger partial charge is 0.504 e. The Hall–Kier alpha value is -1.27. The standard InChI is InChI=1S/C13H19NO4S/c14-7-11(10-5-6-19(16,17)9-10)8-18-13-4-2-1-3-12(13)15/h1-4,10-11,15H,5-9,14H2. The maximum absolute atomic E-state index is 11.5. The van der Waals surface area contributed by atoms with Crippen molar-refractivity contribution in [3.63, 3.8) is 0 Å². The molecule has 6 heteroatoms. The Balaban J connectivity index is 1.95. The van der Waals surface area contributed by atoms with Crippen LogP contribution in [0.25, 0.3) is 0 Å². The molecule has 2 atom stereocenters. The normalized spacial score (nSPS) is 23.1. The van der Waals surface area contributed by atoms with Crippen molar-refractivity contribution >= 4 is 9.84 Å². The summed E-state index contributed by atoms with van der Waals surface area (Å²) in [6.07, 6.45) is 0.647. The van der Waals surface area contributed by atoms with E-state index in [2.05, 4.69) is 0 Å². The van der Waals surface area contributed by atoms with Gasteiger partial charge in [-0.3, -0.25) is 0 Å². The smallest absolute Gasteiger partial charge is 0.160 e. The third-order valence-corrected chi connectivity index (χ3v) is 5.35. The number of hydrogen-bond acceptors (Lipinski definition) is 5. The van der Waals surface area contributed by atoms with Crippen molar-refractivity contribution in [1.29, 1.82) is 0 Å². The first-order valence-electron chi connectivity index (χ1n) is 6.33. The Kier molecular flexibility index (Phi) is 4.31. The highest BCUT2D eigenvalue weighted by molar-refractivity contribution is 7.91. The number of aromatic hydroxyl groups is 1. The molecule has 1 aliphatic rings. The second-order valence-corrected chi connectivity index (χ2v) is 7.17. The van der Waals surface area contributed by atoms with Crippen molar-refractivity contribution in [2.24, 2.45) is 17.6 Å². The van der Waals surface area contributed by atoms with Gasteiger partial charge in [0.15, 0.2) is 21.3 Å². The van der Waals surface area contributed by atoms with E-state index in [4.69, 9.17) is 10.5 Å². The number of phenolic OH excluding ortho intramolecular Hbond substituents is 1. The van der Waals surface area contributed by atoms with Crippen LogP contribution in [0.4, 0.5) is 0 Å². The third-order valence-electron chi connectivity index (χ3n) is 3.56. The Morgan fingerprint density at radius 3 is 2.74 bits per heavy atom. The van der Waals surface area contributed by atoms with Crippen LogP contribution in [0.5, 0.6) is 11.5 Å². The van der Waals surface area contributed by atoms with Gasteiger partial charge in [-0.25, -0.2) is 8.42 Å². The fourth-order valence-corrected chi connectivity index (χ4v) is 4.29. The van der Waals surface area contributed by atoms with E-state index in [0.717, 1.165) is 0 Å². The number of hydrogen-bond donors (Lipinski definition) is 2. The number of para-hydroxylation sites is 2. The molecule has 1 saturated heterocycles. The van der Waals surface area contributed by atoms with Crippen molar-refractivity contribution in [3.8, 4) is 11.5 Å². The molecule has 0 aromatic heterocycles. The van der Waals surface area contributed by atoms with Crippen molar-refractivity contribution in [2.75, 3.05) is 24.7 Å². The number of nitrogens with two attached hydrogens (primary N) is 1. The summed E-state index contributed by atoms with van der Waals surface area (Å²) in [4.78, 5) is 0. The Labute approximate surface area is 113 Å². The van der Waals surface area contributed by atoms with Gasteiger partial charge in [-0.05, 0) is 31.0 Å². The lowest BCUT2D eigenvalue weighted by molar-refractivity contribution is 0.203. The third kappa shape index (κ3) is 3.61. The molecule has 19 heavy (non-hydrogen) atoms. The summed E-state index contributed by atoms with van der Waals surface area (Å²) >= 11 is 0. The molecule has 2 unspecified atom stereocenters. The lowest BCUT2D eigenvalue weighted by atomic mass is 9.93. The minimum absolute atomic E-state index is 0.00289. The molecule has 0 spiro atoms. The summed E-state index contributed by atoms with van der Waals surface area (Å²) in [5.74, 6) is 0.973. The van der Waals surface area contributed by atoms with E-state index < -0.39 is 9.84 Å². The van der Waals surface area contributed by atoms with Crippen LogP contribution in [0.1, 0.15) is 6.42 Å². The zero-order valence-electron chi connectivity index (χ0n) is 10.7. The van der Waals surface area contributed by atoms with Gasteiger partial charge in [0.1, 0.15) is 0 Å². The first-order chi connectivity index (χ1) is 9.02. The molecule has 106 valence electrons. The summed E-state index contributed by atoms with van der Waals surface area (Å²) in [5.41, 5.74) is 5.71. The summed E-state index contributed by atoms with van der Waals surface area (Å²) in [6, 6.07) is 6.71. The molecule has 0 saturated carbocycles. The summed E-state index contributed by atoms with van der Waals surface area (Å²) in [6.45, 7) is 0.710. The van der Waals surface area contributed by atoms with Crippen LogP contribution in [-0.4, -0.2) is 38.2 Å². The molecule has 1 aromatic rings. The molecule has 1 aliphatic heterocycles. The van der Waals surface area contributed by atoms with Crippen LogP contribution in [-0.2, 0) is 9.84 Å². The first kappa shape index (κ1) is 14.1. The van der Waals surface area contributed by atoms with E-state index in [1.54, 1.807) is 24.3 Å². The van der Waals surface area contributed by atoms with Crippen LogP contribution in [0.3, 0.4) is 0 Å². The second-order valence-electron chi connectivity index (χ2n) is 4.94. The topological polar surface area (TPSA) is 89.6 Å². The highest BCUT2D eigenvalue weighted by Gasteiger charge is 2.33. The summed E-state index contributed by atoms with van der Waals surface area (Å²) < 4.78 is 28.5. The fourth-order valence-electron chi connectivity index (χ4n) is 2.37. The van der Waals surface area contributed by atoms with E-state index in [-0.39, 0.29) is 29.1 Å². The van der Waals surface area contributed by atoms with Gasteiger partial charge < -0.3 is 15.6 Å². The van der Waals surface area contributed by atoms with E-state index in [9.17, 15) is 13.5 Å². The SMILES string of the molecule is NCC(COc1ccccc1O)C1CCS(=O)(=O)C1. The van der Waals surface area contributed by atoms with Gasteiger partial charge in [0, 0.05) is 5.92 Å². The Morgan fingerprint density at radius 1 is 1.42 bits per heavy atom. The van der Waals surface area contributed by atoms with E-state index in [0.29, 0.717) is 25.3 Å². The van der Waals surface area contributed by atoms with Gasteiger partial charge in [0.2, 0.25) is 0 Å². The summed E-state index contributed by atoms with van der Waals surface area (Å²) in [5, 5.41) is 9.59. The van der Waals surface area contributed by atoms with E-state index in [1.807, 2.05) is 0 Å². The maximum atomic E-state index is 11.5. The van der Waals surface area contributed by atoms with Gasteiger partial charge in [-0.1, -0.05) is 12.1 Å². The fraction of sp³-hybridized carbons (Fsp3) is 0.538. The quantitative estimate of drug-likeness (QED) is 0.834. The number of benzene rings is 1. The molecule has 0 bridgehead atoms. The molecule has 5 nitrogen and oxygen atoms in total. The van der Waals surface area contributed by atoms with Gasteiger partial charge in [0.05, 0.1) is 18.1 Å². The van der Waals surface area contributed by atoms with Gasteiger partial charge in [-0.15, -0.1) is 0 Å². The van der Waals surface area contributed by atoms with Crippen LogP contribution >= 0.6 is 0 Å². The first-order valence-corrected chi connectivity index (χ1v) is 8.15. The highest BCUT2D eigenvalue weighted by Crippen LogP contribution is 2.29. The molecule has 0 aliphatic carbocycles. The van der Waals surface area contributed by atoms with Crippen LogP contribution in [0, 0.1) is 11.8 Å². The van der Waals surface area contributed by atoms with Crippen LogP contribution in [0.15, 0.2) is 24.3 Å². The minimum atomic E-state index is -2.90. The molecule has 0 radical (unpaired) electrons. The van der Waals surface area contributed by atoms with Crippen molar-refractivity contribution < 1.29 is 18.3 Å². The number of phenols is 1. The zero-order chi connectivity index (χ0) is 13.9. The lowest BCUT2D eigenvalue weighted by Crippen LogP contribution is -2.29. The molecule has 3 N–H and O–H groups in total. The van der Waals surface area contributed by atoms with Crippen molar-refractivity contribution in [1.82, 2.24) is 0 Å². The lowest BCUT2D eigenvalue weighted by Gasteiger charge is -2.21. The molecule has 1 heterocycles. The average molecular weight is 285 g/mol. The molecular weight excluding hydrogens is 266 g/mol. The molecule has 2 rings (SSSR count). The van der Waals surface area contributed by atoms with E-state index in [1.165, 1.54) is 0 Å². The van der Waals surface area contributed by atoms with Gasteiger partial charge >= 0.3 is 0 Å². The Morgan fingerprint density at radius 2 is 2.16 bits per heavy atom. The van der Waals surface area contributed by atoms with Crippen molar-refractivity contribution in [3.05, 3.63) is 24.3 Å². The molecule has 0 amide bonds. The monoisotopic (exact) mass is 285 g/mol. The zero-order valence-corrected chi connectivity index (χ0v) is 11.5. The predicted octanol–water partition coefficient (Wildman–Crippen LogP) is 0.781. The van der Waals surface area contributed by atoms with Gasteiger partial charge in [0.25, 0.3) is 0 Å².